The molecular formula is C27H27F2N5O2S2. The van der Waals surface area contributed by atoms with E-state index in [1.54, 1.807) is 6.20 Å². The molecule has 1 aliphatic heterocycles. The number of aromatic nitrogens is 2. The maximum atomic E-state index is 14.5. The molecule has 198 valence electrons. The fourth-order valence-corrected chi connectivity index (χ4v) is 7.33. The molecule has 3 aromatic rings. The molecule has 1 N–H and O–H groups in total. The molecule has 5 rings (SSSR count). The first kappa shape index (κ1) is 26.4. The van der Waals surface area contributed by atoms with Gasteiger partial charge in [-0.25, -0.2) is 13.8 Å². The van der Waals surface area contributed by atoms with Gasteiger partial charge in [0.1, 0.15) is 23.5 Å². The summed E-state index contributed by atoms with van der Waals surface area (Å²) in [5.41, 5.74) is 3.15. The molecule has 0 spiro atoms. The van der Waals surface area contributed by atoms with Crippen LogP contribution in [0.1, 0.15) is 30.9 Å². The van der Waals surface area contributed by atoms with Crippen LogP contribution >= 0.6 is 11.3 Å². The van der Waals surface area contributed by atoms with Crippen LogP contribution in [0.4, 0.5) is 14.5 Å². The molecule has 1 saturated carbocycles. The molecule has 1 aliphatic carbocycles. The summed E-state index contributed by atoms with van der Waals surface area (Å²) in [5, 5.41) is 12.1. The van der Waals surface area contributed by atoms with Gasteiger partial charge in [0.05, 0.1) is 22.8 Å². The average Bonchev–Trinajstić information content (AvgIpc) is 3.37. The first-order chi connectivity index (χ1) is 18.4. The van der Waals surface area contributed by atoms with E-state index in [-0.39, 0.29) is 24.8 Å². The second kappa shape index (κ2) is 11.7. The number of alkyl halides is 1. The van der Waals surface area contributed by atoms with Crippen LogP contribution in [0.15, 0.2) is 42.7 Å². The predicted molar refractivity (Wildman–Crippen MR) is 144 cm³/mol. The largest absolute Gasteiger partial charge is 0.370 e. The third-order valence-electron chi connectivity index (χ3n) is 7.09. The summed E-state index contributed by atoms with van der Waals surface area (Å²) in [5.74, 6) is -0.542. The number of halogens is 2. The highest BCUT2D eigenvalue weighted by Crippen LogP contribution is 2.46. The number of nitrogens with zero attached hydrogens (tertiary/aromatic N) is 4. The third-order valence-corrected chi connectivity index (χ3v) is 9.54. The second-order valence-corrected chi connectivity index (χ2v) is 12.2. The van der Waals surface area contributed by atoms with Gasteiger partial charge in [-0.05, 0) is 43.0 Å². The minimum absolute atomic E-state index is 0.0605. The maximum absolute atomic E-state index is 14.5. The molecule has 2 aromatic heterocycles. The van der Waals surface area contributed by atoms with Gasteiger partial charge in [0.25, 0.3) is 0 Å². The number of hydrogen-bond acceptors (Lipinski definition) is 7. The standard InChI is InChI=1S/C27H27F2N5O2S2/c28-19-3-6-22(23(14-19)26(35)32-8-7-30)24-25(37-27(33-24)18-13-20(29)16-31-15-18)17-1-4-21(5-2-17)34-9-11-38(36)12-10-34/h1-2,4-5,13,15-16,19,22-23H,3,6,8-12,14H2,(H,32,35)/t19-,22+,23?/m0/s1. The van der Waals surface area contributed by atoms with Crippen molar-refractivity contribution in [1.82, 2.24) is 15.3 Å². The molecule has 7 nitrogen and oxygen atoms in total. The smallest absolute Gasteiger partial charge is 0.224 e. The van der Waals surface area contributed by atoms with E-state index in [0.29, 0.717) is 40.6 Å². The summed E-state index contributed by atoms with van der Waals surface area (Å²) < 4.78 is 40.2. The van der Waals surface area contributed by atoms with Gasteiger partial charge in [-0.15, -0.1) is 11.3 Å². The van der Waals surface area contributed by atoms with Crippen molar-refractivity contribution in [3.8, 4) is 27.1 Å². The second-order valence-electron chi connectivity index (χ2n) is 9.51. The molecular weight excluding hydrogens is 528 g/mol. The van der Waals surface area contributed by atoms with E-state index < -0.39 is 28.7 Å². The van der Waals surface area contributed by atoms with Gasteiger partial charge in [0.2, 0.25) is 5.91 Å². The minimum Gasteiger partial charge on any atom is -0.370 e. The van der Waals surface area contributed by atoms with Crippen LogP contribution in [0.5, 0.6) is 0 Å². The summed E-state index contributed by atoms with van der Waals surface area (Å²) in [4.78, 5) is 24.9. The third kappa shape index (κ3) is 5.76. The van der Waals surface area contributed by atoms with Crippen molar-refractivity contribution >= 4 is 33.7 Å². The van der Waals surface area contributed by atoms with Crippen molar-refractivity contribution in [2.75, 3.05) is 36.0 Å². The molecule has 3 atom stereocenters. The lowest BCUT2D eigenvalue weighted by atomic mass is 9.75. The van der Waals surface area contributed by atoms with Crippen LogP contribution in [0.2, 0.25) is 0 Å². The van der Waals surface area contributed by atoms with E-state index in [1.807, 2.05) is 30.3 Å². The van der Waals surface area contributed by atoms with Gasteiger partial charge in [-0.1, -0.05) is 12.1 Å². The Kier molecular flexibility index (Phi) is 8.09. The van der Waals surface area contributed by atoms with E-state index in [0.717, 1.165) is 35.4 Å². The summed E-state index contributed by atoms with van der Waals surface area (Å²) in [7, 11) is -0.762. The van der Waals surface area contributed by atoms with Gasteiger partial charge in [0.15, 0.2) is 0 Å². The lowest BCUT2D eigenvalue weighted by molar-refractivity contribution is -0.127. The Morgan fingerprint density at radius 1 is 1.18 bits per heavy atom. The van der Waals surface area contributed by atoms with Crippen molar-refractivity contribution in [2.45, 2.75) is 31.4 Å². The zero-order valence-corrected chi connectivity index (χ0v) is 22.2. The fraction of sp³-hybridized carbons (Fsp3) is 0.407. The highest BCUT2D eigenvalue weighted by molar-refractivity contribution is 7.85. The highest BCUT2D eigenvalue weighted by atomic mass is 32.2. The number of thiazole rings is 1. The maximum Gasteiger partial charge on any atom is 0.224 e. The van der Waals surface area contributed by atoms with Gasteiger partial charge < -0.3 is 10.2 Å². The van der Waals surface area contributed by atoms with Gasteiger partial charge in [-0.3, -0.25) is 14.0 Å². The van der Waals surface area contributed by atoms with Crippen molar-refractivity contribution < 1.29 is 17.8 Å². The van der Waals surface area contributed by atoms with Gasteiger partial charge in [0, 0.05) is 64.7 Å². The van der Waals surface area contributed by atoms with E-state index in [9.17, 15) is 17.8 Å². The van der Waals surface area contributed by atoms with Gasteiger partial charge in [-0.2, -0.15) is 5.26 Å². The molecule has 0 radical (unpaired) electrons. The Balaban J connectivity index is 1.53. The Morgan fingerprint density at radius 3 is 2.66 bits per heavy atom. The zero-order valence-electron chi connectivity index (χ0n) is 20.6. The molecule has 0 bridgehead atoms. The molecule has 1 unspecified atom stereocenters. The van der Waals surface area contributed by atoms with Gasteiger partial charge >= 0.3 is 0 Å². The van der Waals surface area contributed by atoms with Crippen LogP contribution in [0.25, 0.3) is 21.0 Å². The average molecular weight is 556 g/mol. The number of rotatable bonds is 6. The SMILES string of the molecule is N#CCNC(=O)C1C[C@@H](F)CC[C@H]1c1nc(-c2cncc(F)c2)sc1-c1ccc(N2CCS(=O)CC2)cc1. The molecule has 2 fully saturated rings. The lowest BCUT2D eigenvalue weighted by Gasteiger charge is -2.32. The predicted octanol–water partition coefficient (Wildman–Crippen LogP) is 4.44. The number of pyridine rings is 1. The van der Waals surface area contributed by atoms with E-state index in [4.69, 9.17) is 10.2 Å². The summed E-state index contributed by atoms with van der Waals surface area (Å²) in [6.45, 7) is 1.33. The molecule has 2 aliphatic rings. The van der Waals surface area contributed by atoms with Crippen molar-refractivity contribution in [3.05, 3.63) is 54.2 Å². The highest BCUT2D eigenvalue weighted by Gasteiger charge is 2.39. The van der Waals surface area contributed by atoms with E-state index in [2.05, 4.69) is 15.2 Å². The van der Waals surface area contributed by atoms with Crippen molar-refractivity contribution in [2.24, 2.45) is 5.92 Å². The molecule has 1 amide bonds. The number of nitrogens with one attached hydrogen (secondary N) is 1. The Hall–Kier alpha value is -3.23. The molecule has 11 heteroatoms. The van der Waals surface area contributed by atoms with Crippen LogP contribution in [-0.4, -0.2) is 57.4 Å². The molecule has 1 saturated heterocycles. The number of anilines is 1. The Morgan fingerprint density at radius 2 is 1.95 bits per heavy atom. The number of nitriles is 1. The van der Waals surface area contributed by atoms with Crippen LogP contribution < -0.4 is 10.2 Å². The zero-order chi connectivity index (χ0) is 26.6. The Bertz CT molecular complexity index is 1360. The minimum atomic E-state index is -1.10. The summed E-state index contributed by atoms with van der Waals surface area (Å²) >= 11 is 1.39. The summed E-state index contributed by atoms with van der Waals surface area (Å²) in [6, 6.07) is 11.3. The van der Waals surface area contributed by atoms with Crippen LogP contribution in [0.3, 0.4) is 0 Å². The monoisotopic (exact) mass is 555 g/mol. The van der Waals surface area contributed by atoms with Crippen LogP contribution in [-0.2, 0) is 15.6 Å². The molecule has 38 heavy (non-hydrogen) atoms. The topological polar surface area (TPSA) is 99.0 Å². The number of carbonyl (C=O) groups is 1. The van der Waals surface area contributed by atoms with Crippen LogP contribution in [0, 0.1) is 23.1 Å². The number of carbonyl (C=O) groups excluding carboxylic acids is 1. The van der Waals surface area contributed by atoms with E-state index in [1.165, 1.54) is 17.4 Å². The summed E-state index contributed by atoms with van der Waals surface area (Å²) in [6.07, 6.45) is 2.39. The number of hydrogen-bond donors (Lipinski definition) is 1. The van der Waals surface area contributed by atoms with Crippen molar-refractivity contribution in [1.29, 1.82) is 5.26 Å². The fourth-order valence-electron chi connectivity index (χ4n) is 5.16. The number of benzene rings is 1. The van der Waals surface area contributed by atoms with E-state index >= 15 is 0 Å². The Labute approximate surface area is 226 Å². The molecule has 1 aromatic carbocycles. The number of amides is 1. The first-order valence-electron chi connectivity index (χ1n) is 12.5. The first-order valence-corrected chi connectivity index (χ1v) is 14.8. The lowest BCUT2D eigenvalue weighted by Crippen LogP contribution is -2.38. The van der Waals surface area contributed by atoms with Crippen molar-refractivity contribution in [3.63, 3.8) is 0 Å². The molecule has 3 heterocycles. The quantitative estimate of drug-likeness (QED) is 0.452. The normalized spacial score (nSPS) is 22.1.